The highest BCUT2D eigenvalue weighted by Gasteiger charge is 2.27. The fourth-order valence-electron chi connectivity index (χ4n) is 2.60. The summed E-state index contributed by atoms with van der Waals surface area (Å²) in [5, 5.41) is 7.26. The summed E-state index contributed by atoms with van der Waals surface area (Å²) in [5.41, 5.74) is 1.38. The SMILES string of the molecule is Cn1nc(C(C)(C)C)cc1NC(=O)CN1C(=O)COc2ccccc21. The van der Waals surface area contributed by atoms with Gasteiger partial charge in [0.2, 0.25) is 5.91 Å². The largest absolute Gasteiger partial charge is 0.482 e. The van der Waals surface area contributed by atoms with Crippen LogP contribution < -0.4 is 15.0 Å². The highest BCUT2D eigenvalue weighted by atomic mass is 16.5. The Hall–Kier alpha value is -2.83. The Morgan fingerprint density at radius 1 is 1.32 bits per heavy atom. The second kappa shape index (κ2) is 6.23. The number of benzene rings is 1. The molecule has 2 amide bonds. The first-order chi connectivity index (χ1) is 11.8. The fraction of sp³-hybridized carbons (Fsp3) is 0.389. The third-order valence-electron chi connectivity index (χ3n) is 4.03. The molecule has 0 fully saturated rings. The minimum absolute atomic E-state index is 0.0653. The first-order valence-electron chi connectivity index (χ1n) is 8.12. The lowest BCUT2D eigenvalue weighted by molar-refractivity contribution is -0.123. The molecule has 0 atom stereocenters. The van der Waals surface area contributed by atoms with Crippen LogP contribution in [0.25, 0.3) is 0 Å². The maximum atomic E-state index is 12.5. The lowest BCUT2D eigenvalue weighted by atomic mass is 9.92. The number of aromatic nitrogens is 2. The van der Waals surface area contributed by atoms with Crippen LogP contribution in [0.2, 0.25) is 0 Å². The third kappa shape index (κ3) is 3.50. The number of anilines is 2. The van der Waals surface area contributed by atoms with Crippen LogP contribution in [0, 0.1) is 0 Å². The average Bonchev–Trinajstić information content (AvgIpc) is 2.91. The molecule has 2 heterocycles. The molecule has 0 saturated heterocycles. The summed E-state index contributed by atoms with van der Waals surface area (Å²) < 4.78 is 7.02. The van der Waals surface area contributed by atoms with Gasteiger partial charge in [0, 0.05) is 18.5 Å². The maximum absolute atomic E-state index is 12.5. The predicted molar refractivity (Wildman–Crippen MR) is 94.8 cm³/mol. The summed E-state index contributed by atoms with van der Waals surface area (Å²) in [7, 11) is 1.78. The Kier molecular flexibility index (Phi) is 4.24. The van der Waals surface area contributed by atoms with E-state index in [2.05, 4.69) is 31.2 Å². The van der Waals surface area contributed by atoms with E-state index in [1.165, 1.54) is 4.90 Å². The van der Waals surface area contributed by atoms with Crippen LogP contribution in [0.1, 0.15) is 26.5 Å². The van der Waals surface area contributed by atoms with E-state index < -0.39 is 0 Å². The minimum Gasteiger partial charge on any atom is -0.482 e. The molecule has 1 N–H and O–H groups in total. The number of hydrogen-bond donors (Lipinski definition) is 1. The van der Waals surface area contributed by atoms with Gasteiger partial charge in [0.05, 0.1) is 11.4 Å². The van der Waals surface area contributed by atoms with Gasteiger partial charge in [-0.3, -0.25) is 19.2 Å². The number of amides is 2. The zero-order valence-corrected chi connectivity index (χ0v) is 14.9. The minimum atomic E-state index is -0.284. The van der Waals surface area contributed by atoms with Crippen molar-refractivity contribution >= 4 is 23.3 Å². The monoisotopic (exact) mass is 342 g/mol. The normalized spacial score (nSPS) is 14.1. The zero-order valence-electron chi connectivity index (χ0n) is 14.9. The van der Waals surface area contributed by atoms with Crippen LogP contribution in [0.3, 0.4) is 0 Å². The van der Waals surface area contributed by atoms with Gasteiger partial charge in [-0.05, 0) is 12.1 Å². The fourth-order valence-corrected chi connectivity index (χ4v) is 2.60. The number of para-hydroxylation sites is 2. The maximum Gasteiger partial charge on any atom is 0.265 e. The average molecular weight is 342 g/mol. The van der Waals surface area contributed by atoms with Crippen molar-refractivity contribution in [3.8, 4) is 5.75 Å². The zero-order chi connectivity index (χ0) is 18.2. The summed E-state index contributed by atoms with van der Waals surface area (Å²) in [4.78, 5) is 26.1. The van der Waals surface area contributed by atoms with E-state index >= 15 is 0 Å². The van der Waals surface area contributed by atoms with Crippen LogP contribution in [-0.4, -0.2) is 34.7 Å². The van der Waals surface area contributed by atoms with Crippen molar-refractivity contribution in [3.05, 3.63) is 36.0 Å². The van der Waals surface area contributed by atoms with Crippen molar-refractivity contribution in [1.82, 2.24) is 9.78 Å². The molecule has 25 heavy (non-hydrogen) atoms. The van der Waals surface area contributed by atoms with Crippen LogP contribution in [0.5, 0.6) is 5.75 Å². The number of aryl methyl sites for hydroxylation is 1. The smallest absolute Gasteiger partial charge is 0.265 e. The number of nitrogens with zero attached hydrogens (tertiary/aromatic N) is 3. The molecule has 0 spiro atoms. The second-order valence-corrected chi connectivity index (χ2v) is 7.07. The van der Waals surface area contributed by atoms with Gasteiger partial charge in [-0.1, -0.05) is 32.9 Å². The van der Waals surface area contributed by atoms with Crippen LogP contribution in [0.15, 0.2) is 30.3 Å². The molecule has 7 heteroatoms. The van der Waals surface area contributed by atoms with E-state index in [-0.39, 0.29) is 30.4 Å². The molecule has 1 aliphatic heterocycles. The number of carbonyl (C=O) groups is 2. The van der Waals surface area contributed by atoms with Crippen molar-refractivity contribution < 1.29 is 14.3 Å². The molecule has 0 saturated carbocycles. The van der Waals surface area contributed by atoms with Gasteiger partial charge < -0.3 is 10.1 Å². The van der Waals surface area contributed by atoms with Gasteiger partial charge in [-0.2, -0.15) is 5.10 Å². The molecule has 0 unspecified atom stereocenters. The van der Waals surface area contributed by atoms with Gasteiger partial charge in [0.1, 0.15) is 18.1 Å². The summed E-state index contributed by atoms with van der Waals surface area (Å²) >= 11 is 0. The second-order valence-electron chi connectivity index (χ2n) is 7.07. The lowest BCUT2D eigenvalue weighted by Gasteiger charge is -2.28. The van der Waals surface area contributed by atoms with Gasteiger partial charge in [-0.15, -0.1) is 0 Å². The molecule has 2 aromatic rings. The van der Waals surface area contributed by atoms with E-state index in [4.69, 9.17) is 4.74 Å². The molecule has 7 nitrogen and oxygen atoms in total. The predicted octanol–water partition coefficient (Wildman–Crippen LogP) is 2.08. The summed E-state index contributed by atoms with van der Waals surface area (Å²) in [6, 6.07) is 9.04. The summed E-state index contributed by atoms with van der Waals surface area (Å²) in [6.45, 7) is 6.04. The summed E-state index contributed by atoms with van der Waals surface area (Å²) in [5.74, 6) is 0.678. The Labute approximate surface area is 146 Å². The number of ether oxygens (including phenoxy) is 1. The Morgan fingerprint density at radius 2 is 2.04 bits per heavy atom. The molecule has 1 aliphatic rings. The Morgan fingerprint density at radius 3 is 2.72 bits per heavy atom. The third-order valence-corrected chi connectivity index (χ3v) is 4.03. The molecule has 0 bridgehead atoms. The topological polar surface area (TPSA) is 76.5 Å². The molecular formula is C18H22N4O3. The molecular weight excluding hydrogens is 320 g/mol. The van der Waals surface area contributed by atoms with Crippen LogP contribution in [-0.2, 0) is 22.1 Å². The van der Waals surface area contributed by atoms with Crippen molar-refractivity contribution in [1.29, 1.82) is 0 Å². The number of rotatable bonds is 3. The van der Waals surface area contributed by atoms with Crippen LogP contribution >= 0.6 is 0 Å². The van der Waals surface area contributed by atoms with Crippen molar-refractivity contribution in [2.75, 3.05) is 23.4 Å². The van der Waals surface area contributed by atoms with Crippen molar-refractivity contribution in [2.45, 2.75) is 26.2 Å². The van der Waals surface area contributed by atoms with E-state index in [0.717, 1.165) is 5.69 Å². The Bertz CT molecular complexity index is 820. The molecule has 1 aromatic heterocycles. The number of fused-ring (bicyclic) bond motifs is 1. The number of nitrogens with one attached hydrogen (secondary N) is 1. The standard InChI is InChI=1S/C18H22N4O3/c1-18(2,3)14-9-15(21(4)20-14)19-16(23)10-22-12-7-5-6-8-13(12)25-11-17(22)24/h5-9H,10-11H2,1-4H3,(H,19,23). The molecule has 0 aliphatic carbocycles. The van der Waals surface area contributed by atoms with Crippen molar-refractivity contribution in [2.24, 2.45) is 7.05 Å². The molecule has 0 radical (unpaired) electrons. The van der Waals surface area contributed by atoms with Crippen molar-refractivity contribution in [3.63, 3.8) is 0 Å². The van der Waals surface area contributed by atoms with E-state index in [1.54, 1.807) is 23.9 Å². The molecule has 3 rings (SSSR count). The Balaban J connectivity index is 1.75. The molecule has 132 valence electrons. The highest BCUT2D eigenvalue weighted by molar-refractivity contribution is 6.04. The first-order valence-corrected chi connectivity index (χ1v) is 8.12. The van der Waals surface area contributed by atoms with E-state index in [1.807, 2.05) is 18.2 Å². The quantitative estimate of drug-likeness (QED) is 0.926. The van der Waals surface area contributed by atoms with E-state index in [0.29, 0.717) is 17.3 Å². The van der Waals surface area contributed by atoms with Gasteiger partial charge in [0.15, 0.2) is 6.61 Å². The van der Waals surface area contributed by atoms with Gasteiger partial charge in [-0.25, -0.2) is 0 Å². The van der Waals surface area contributed by atoms with E-state index in [9.17, 15) is 9.59 Å². The van der Waals surface area contributed by atoms with Gasteiger partial charge >= 0.3 is 0 Å². The van der Waals surface area contributed by atoms with Crippen LogP contribution in [0.4, 0.5) is 11.5 Å². The molecule has 1 aromatic carbocycles. The first kappa shape index (κ1) is 17.0. The summed E-state index contributed by atoms with van der Waals surface area (Å²) in [6.07, 6.45) is 0. The number of hydrogen-bond acceptors (Lipinski definition) is 4. The highest BCUT2D eigenvalue weighted by Crippen LogP contribution is 2.31. The number of carbonyl (C=O) groups excluding carboxylic acids is 2. The van der Waals surface area contributed by atoms with Gasteiger partial charge in [0.25, 0.3) is 5.91 Å². The lowest BCUT2D eigenvalue weighted by Crippen LogP contribution is -2.43.